The average Bonchev–Trinajstić information content (AvgIpc) is 3.26. The molecule has 7 nitrogen and oxygen atoms in total. The molecule has 2 fully saturated rings. The molecule has 2 N–H and O–H groups in total. The third-order valence-corrected chi connectivity index (χ3v) is 5.51. The van der Waals surface area contributed by atoms with Crippen LogP contribution in [0.5, 0.6) is 0 Å². The van der Waals surface area contributed by atoms with Gasteiger partial charge < -0.3 is 20.0 Å². The van der Waals surface area contributed by atoms with Gasteiger partial charge >= 0.3 is 0 Å². The summed E-state index contributed by atoms with van der Waals surface area (Å²) >= 11 is 0. The summed E-state index contributed by atoms with van der Waals surface area (Å²) in [6.45, 7) is 4.92. The van der Waals surface area contributed by atoms with E-state index in [0.717, 1.165) is 44.8 Å². The molecule has 150 valence electrons. The number of nitrogens with one attached hydrogen (secondary N) is 2. The fraction of sp³-hybridized carbons (Fsp3) is 0.700. The minimum absolute atomic E-state index is 0.149. The van der Waals surface area contributed by atoms with Crippen molar-refractivity contribution in [3.05, 3.63) is 24.2 Å². The maximum absolute atomic E-state index is 12.3. The second-order valence-corrected chi connectivity index (χ2v) is 7.38. The smallest absolute Gasteiger partial charge is 0.241 e. The van der Waals surface area contributed by atoms with E-state index in [1.807, 2.05) is 17.0 Å². The van der Waals surface area contributed by atoms with Crippen LogP contribution < -0.4 is 10.6 Å². The quantitative estimate of drug-likeness (QED) is 0.588. The van der Waals surface area contributed by atoms with Gasteiger partial charge in [0.25, 0.3) is 0 Å². The van der Waals surface area contributed by atoms with Gasteiger partial charge in [0.1, 0.15) is 5.76 Å². The predicted octanol–water partition coefficient (Wildman–Crippen LogP) is 1.98. The second kappa shape index (κ2) is 10.3. The summed E-state index contributed by atoms with van der Waals surface area (Å²) in [6, 6.07) is 4.16. The minimum atomic E-state index is 0.149. The van der Waals surface area contributed by atoms with E-state index in [-0.39, 0.29) is 18.5 Å². The Hall–Kier alpha value is -2.02. The fourth-order valence-electron chi connectivity index (χ4n) is 3.95. The van der Waals surface area contributed by atoms with Gasteiger partial charge in [0, 0.05) is 26.7 Å². The third-order valence-electron chi connectivity index (χ3n) is 5.51. The molecule has 0 spiro atoms. The lowest BCUT2D eigenvalue weighted by atomic mass is 10.1. The monoisotopic (exact) mass is 375 g/mol. The number of carbonyl (C=O) groups is 1. The van der Waals surface area contributed by atoms with E-state index in [1.165, 1.54) is 25.7 Å². The van der Waals surface area contributed by atoms with Crippen LogP contribution in [0.25, 0.3) is 0 Å². The minimum Gasteiger partial charge on any atom is -0.468 e. The van der Waals surface area contributed by atoms with Crippen LogP contribution in [0.3, 0.4) is 0 Å². The summed E-state index contributed by atoms with van der Waals surface area (Å²) in [7, 11) is 1.74. The molecule has 27 heavy (non-hydrogen) atoms. The van der Waals surface area contributed by atoms with Gasteiger partial charge in [0.15, 0.2) is 5.96 Å². The van der Waals surface area contributed by atoms with E-state index in [4.69, 9.17) is 4.42 Å². The maximum Gasteiger partial charge on any atom is 0.241 e. The van der Waals surface area contributed by atoms with Gasteiger partial charge in [-0.2, -0.15) is 0 Å². The van der Waals surface area contributed by atoms with E-state index in [9.17, 15) is 4.79 Å². The third kappa shape index (κ3) is 5.73. The largest absolute Gasteiger partial charge is 0.468 e. The molecule has 0 radical (unpaired) electrons. The lowest BCUT2D eigenvalue weighted by Crippen LogP contribution is -2.48. The number of likely N-dealkylation sites (tertiary alicyclic amines) is 2. The van der Waals surface area contributed by atoms with Crippen molar-refractivity contribution < 1.29 is 9.21 Å². The van der Waals surface area contributed by atoms with Gasteiger partial charge in [0.2, 0.25) is 5.91 Å². The number of nitrogens with zero attached hydrogens (tertiary/aromatic N) is 3. The van der Waals surface area contributed by atoms with E-state index >= 15 is 0 Å². The highest BCUT2D eigenvalue weighted by molar-refractivity contribution is 5.86. The number of hydrogen-bond acceptors (Lipinski definition) is 4. The molecule has 0 aliphatic carbocycles. The van der Waals surface area contributed by atoms with Crippen molar-refractivity contribution in [2.24, 2.45) is 4.99 Å². The van der Waals surface area contributed by atoms with E-state index in [2.05, 4.69) is 20.5 Å². The van der Waals surface area contributed by atoms with Crippen LogP contribution in [0.1, 0.15) is 50.3 Å². The Morgan fingerprint density at radius 2 is 1.81 bits per heavy atom. The SMILES string of the molecule is CN=C(NCC(=O)N1CCCCC1)NCC(c1ccco1)N1CCCCC1. The Balaban J connectivity index is 1.50. The van der Waals surface area contributed by atoms with Crippen molar-refractivity contribution in [2.75, 3.05) is 46.3 Å². The number of guanidine groups is 1. The molecule has 1 atom stereocenters. The molecular weight excluding hydrogens is 342 g/mol. The number of furan rings is 1. The fourth-order valence-corrected chi connectivity index (χ4v) is 3.95. The number of rotatable bonds is 6. The zero-order valence-electron chi connectivity index (χ0n) is 16.5. The Morgan fingerprint density at radius 1 is 1.11 bits per heavy atom. The van der Waals surface area contributed by atoms with Gasteiger partial charge in [-0.05, 0) is 57.3 Å². The zero-order valence-corrected chi connectivity index (χ0v) is 16.5. The zero-order chi connectivity index (χ0) is 18.9. The van der Waals surface area contributed by atoms with Gasteiger partial charge in [-0.3, -0.25) is 14.7 Å². The van der Waals surface area contributed by atoms with Gasteiger partial charge in [-0.15, -0.1) is 0 Å². The molecule has 3 heterocycles. The molecule has 3 rings (SSSR count). The average molecular weight is 376 g/mol. The molecule has 1 amide bonds. The molecule has 0 aromatic carbocycles. The highest BCUT2D eigenvalue weighted by Gasteiger charge is 2.24. The molecule has 1 unspecified atom stereocenters. The Bertz CT molecular complexity index is 590. The number of aliphatic imine (C=N–C) groups is 1. The number of piperidine rings is 2. The molecule has 0 bridgehead atoms. The number of hydrogen-bond donors (Lipinski definition) is 2. The van der Waals surface area contributed by atoms with Crippen LogP contribution in [0.15, 0.2) is 27.8 Å². The number of amides is 1. The molecule has 2 aliphatic heterocycles. The van der Waals surface area contributed by atoms with Crippen molar-refractivity contribution in [1.82, 2.24) is 20.4 Å². The van der Waals surface area contributed by atoms with Gasteiger partial charge in [-0.25, -0.2) is 0 Å². The van der Waals surface area contributed by atoms with Crippen LogP contribution in [-0.2, 0) is 4.79 Å². The topological polar surface area (TPSA) is 73.1 Å². The van der Waals surface area contributed by atoms with Crippen molar-refractivity contribution in [3.63, 3.8) is 0 Å². The van der Waals surface area contributed by atoms with E-state index < -0.39 is 0 Å². The first-order valence-electron chi connectivity index (χ1n) is 10.3. The van der Waals surface area contributed by atoms with E-state index in [1.54, 1.807) is 13.3 Å². The highest BCUT2D eigenvalue weighted by atomic mass is 16.3. The predicted molar refractivity (Wildman–Crippen MR) is 107 cm³/mol. The Kier molecular flexibility index (Phi) is 7.56. The maximum atomic E-state index is 12.3. The standard InChI is InChI=1S/C20H33N5O2/c1-21-20(23-16-19(26)25-12-6-3-7-13-25)22-15-17(18-9-8-14-27-18)24-10-4-2-5-11-24/h8-9,14,17H,2-7,10-13,15-16H2,1H3,(H2,21,22,23). The molecule has 1 aromatic rings. The van der Waals surface area contributed by atoms with Crippen molar-refractivity contribution in [2.45, 2.75) is 44.6 Å². The van der Waals surface area contributed by atoms with Crippen molar-refractivity contribution in [3.8, 4) is 0 Å². The van der Waals surface area contributed by atoms with Gasteiger partial charge in [-0.1, -0.05) is 6.42 Å². The summed E-state index contributed by atoms with van der Waals surface area (Å²) < 4.78 is 5.69. The normalized spacial score (nSPS) is 20.3. The summed E-state index contributed by atoms with van der Waals surface area (Å²) in [5.41, 5.74) is 0. The summed E-state index contributed by atoms with van der Waals surface area (Å²) in [5.74, 6) is 1.79. The van der Waals surface area contributed by atoms with Crippen LogP contribution in [-0.4, -0.2) is 68.0 Å². The molecular formula is C20H33N5O2. The molecule has 2 saturated heterocycles. The van der Waals surface area contributed by atoms with Crippen LogP contribution >= 0.6 is 0 Å². The summed E-state index contributed by atoms with van der Waals surface area (Å²) in [4.78, 5) is 21.0. The highest BCUT2D eigenvalue weighted by Crippen LogP contribution is 2.24. The van der Waals surface area contributed by atoms with Crippen LogP contribution in [0.4, 0.5) is 0 Å². The summed E-state index contributed by atoms with van der Waals surface area (Å²) in [6.07, 6.45) is 8.94. The van der Waals surface area contributed by atoms with Crippen molar-refractivity contribution >= 4 is 11.9 Å². The molecule has 0 saturated carbocycles. The van der Waals surface area contributed by atoms with Crippen LogP contribution in [0, 0.1) is 0 Å². The van der Waals surface area contributed by atoms with Gasteiger partial charge in [0.05, 0.1) is 18.8 Å². The first-order valence-corrected chi connectivity index (χ1v) is 10.3. The Morgan fingerprint density at radius 3 is 2.44 bits per heavy atom. The number of carbonyl (C=O) groups excluding carboxylic acids is 1. The first-order chi connectivity index (χ1) is 13.3. The lowest BCUT2D eigenvalue weighted by Gasteiger charge is -2.33. The molecule has 7 heteroatoms. The Labute approximate surface area is 162 Å². The lowest BCUT2D eigenvalue weighted by molar-refractivity contribution is -0.130. The van der Waals surface area contributed by atoms with Crippen molar-refractivity contribution in [1.29, 1.82) is 0 Å². The molecule has 1 aromatic heterocycles. The van der Waals surface area contributed by atoms with E-state index in [0.29, 0.717) is 12.5 Å². The first kappa shape index (κ1) is 19.7. The van der Waals surface area contributed by atoms with Crippen LogP contribution in [0.2, 0.25) is 0 Å². The summed E-state index contributed by atoms with van der Waals surface area (Å²) in [5, 5.41) is 6.55. The molecule has 2 aliphatic rings. The second-order valence-electron chi connectivity index (χ2n) is 7.38.